The van der Waals surface area contributed by atoms with Crippen LogP contribution in [0.15, 0.2) is 35.2 Å². The Labute approximate surface area is 173 Å². The Balaban J connectivity index is 2.44. The minimum atomic E-state index is -3.86. The van der Waals surface area contributed by atoms with Crippen molar-refractivity contribution in [3.8, 4) is 5.75 Å². The van der Waals surface area contributed by atoms with E-state index in [0.29, 0.717) is 5.56 Å². The van der Waals surface area contributed by atoms with Gasteiger partial charge in [0.25, 0.3) is 0 Å². The standard InChI is InChI=1S/C22H29NO5S/c1-13(2)18-12-19(15(4)10-20(18)27-6)16(5)23-29(25,26)21-11-17(22(24)28-7)9-8-14(21)3/h8-13,16,23H,1-7H3/t16-/m0/s1. The van der Waals surface area contributed by atoms with E-state index in [-0.39, 0.29) is 16.4 Å². The lowest BCUT2D eigenvalue weighted by molar-refractivity contribution is 0.0600. The maximum atomic E-state index is 13.1. The van der Waals surface area contributed by atoms with Crippen molar-refractivity contribution in [2.75, 3.05) is 14.2 Å². The molecule has 6 nitrogen and oxygen atoms in total. The molecular formula is C22H29NO5S. The third-order valence-electron chi connectivity index (χ3n) is 4.94. The van der Waals surface area contributed by atoms with Gasteiger partial charge in [-0.1, -0.05) is 19.9 Å². The number of rotatable bonds is 7. The summed E-state index contributed by atoms with van der Waals surface area (Å²) in [4.78, 5) is 11.9. The zero-order valence-corrected chi connectivity index (χ0v) is 18.8. The first-order valence-corrected chi connectivity index (χ1v) is 10.9. The summed E-state index contributed by atoms with van der Waals surface area (Å²) in [6, 6.07) is 7.94. The highest BCUT2D eigenvalue weighted by molar-refractivity contribution is 7.89. The van der Waals surface area contributed by atoms with Crippen LogP contribution in [0.1, 0.15) is 65.3 Å². The minimum absolute atomic E-state index is 0.0579. The highest BCUT2D eigenvalue weighted by Crippen LogP contribution is 2.32. The maximum absolute atomic E-state index is 13.1. The fraction of sp³-hybridized carbons (Fsp3) is 0.409. The Bertz CT molecular complexity index is 1010. The van der Waals surface area contributed by atoms with Gasteiger partial charge >= 0.3 is 5.97 Å². The molecule has 0 aliphatic heterocycles. The van der Waals surface area contributed by atoms with Crippen LogP contribution in [-0.2, 0) is 14.8 Å². The summed E-state index contributed by atoms with van der Waals surface area (Å²) in [5.41, 5.74) is 3.56. The molecule has 0 radical (unpaired) electrons. The van der Waals surface area contributed by atoms with Gasteiger partial charge in [0.05, 0.1) is 24.7 Å². The van der Waals surface area contributed by atoms with Crippen molar-refractivity contribution in [1.82, 2.24) is 4.72 Å². The number of ether oxygens (including phenoxy) is 2. The van der Waals surface area contributed by atoms with Gasteiger partial charge in [-0.3, -0.25) is 0 Å². The Morgan fingerprint density at radius 1 is 0.966 bits per heavy atom. The summed E-state index contributed by atoms with van der Waals surface area (Å²) in [6.07, 6.45) is 0. The summed E-state index contributed by atoms with van der Waals surface area (Å²) in [7, 11) is -0.969. The molecule has 158 valence electrons. The molecule has 0 amide bonds. The molecule has 7 heteroatoms. The van der Waals surface area contributed by atoms with E-state index in [1.165, 1.54) is 13.2 Å². The SMILES string of the molecule is COC(=O)c1ccc(C)c(S(=O)(=O)N[C@@H](C)c2cc(C(C)C)c(OC)cc2C)c1. The molecule has 0 saturated heterocycles. The molecule has 0 spiro atoms. The van der Waals surface area contributed by atoms with Crippen LogP contribution < -0.4 is 9.46 Å². The molecule has 0 aliphatic rings. The predicted molar refractivity (Wildman–Crippen MR) is 113 cm³/mol. The lowest BCUT2D eigenvalue weighted by Gasteiger charge is -2.21. The van der Waals surface area contributed by atoms with Crippen LogP contribution >= 0.6 is 0 Å². The Morgan fingerprint density at radius 2 is 1.62 bits per heavy atom. The first-order chi connectivity index (χ1) is 13.5. The fourth-order valence-corrected chi connectivity index (χ4v) is 4.80. The second kappa shape index (κ2) is 8.97. The number of methoxy groups -OCH3 is 2. The summed E-state index contributed by atoms with van der Waals surface area (Å²) in [6.45, 7) is 9.54. The first kappa shape index (κ1) is 22.9. The van der Waals surface area contributed by atoms with Gasteiger partial charge in [0.1, 0.15) is 5.75 Å². The molecule has 1 N–H and O–H groups in total. The molecule has 0 fully saturated rings. The van der Waals surface area contributed by atoms with Gasteiger partial charge in [-0.25, -0.2) is 17.9 Å². The summed E-state index contributed by atoms with van der Waals surface area (Å²) < 4.78 is 39.0. The number of nitrogens with one attached hydrogen (secondary N) is 1. The summed E-state index contributed by atoms with van der Waals surface area (Å²) in [5, 5.41) is 0. The van der Waals surface area contributed by atoms with E-state index >= 15 is 0 Å². The number of hydrogen-bond donors (Lipinski definition) is 1. The molecule has 2 aromatic carbocycles. The van der Waals surface area contributed by atoms with E-state index < -0.39 is 22.0 Å². The molecule has 0 heterocycles. The lowest BCUT2D eigenvalue weighted by Crippen LogP contribution is -2.28. The van der Waals surface area contributed by atoms with Gasteiger partial charge < -0.3 is 9.47 Å². The highest BCUT2D eigenvalue weighted by Gasteiger charge is 2.24. The molecule has 0 saturated carbocycles. The average Bonchev–Trinajstić information content (AvgIpc) is 2.66. The van der Waals surface area contributed by atoms with Gasteiger partial charge in [0.15, 0.2) is 0 Å². The first-order valence-electron chi connectivity index (χ1n) is 9.41. The van der Waals surface area contributed by atoms with Crippen LogP contribution in [0.25, 0.3) is 0 Å². The summed E-state index contributed by atoms with van der Waals surface area (Å²) in [5.74, 6) is 0.437. The molecule has 0 bridgehead atoms. The highest BCUT2D eigenvalue weighted by atomic mass is 32.2. The second-order valence-corrected chi connectivity index (χ2v) is 9.10. The van der Waals surface area contributed by atoms with Crippen molar-refractivity contribution in [2.24, 2.45) is 0 Å². The van der Waals surface area contributed by atoms with Crippen LogP contribution in [0.4, 0.5) is 0 Å². The second-order valence-electron chi connectivity index (χ2n) is 7.42. The normalized spacial score (nSPS) is 12.7. The smallest absolute Gasteiger partial charge is 0.337 e. The topological polar surface area (TPSA) is 81.7 Å². The lowest BCUT2D eigenvalue weighted by atomic mass is 9.94. The van der Waals surface area contributed by atoms with E-state index in [2.05, 4.69) is 18.6 Å². The minimum Gasteiger partial charge on any atom is -0.496 e. The van der Waals surface area contributed by atoms with E-state index in [4.69, 9.17) is 9.47 Å². The average molecular weight is 420 g/mol. The molecule has 1 atom stereocenters. The number of aryl methyl sites for hydroxylation is 2. The Hall–Kier alpha value is -2.38. The Morgan fingerprint density at radius 3 is 2.17 bits per heavy atom. The molecular weight excluding hydrogens is 390 g/mol. The monoisotopic (exact) mass is 419 g/mol. The number of benzene rings is 2. The third kappa shape index (κ3) is 4.97. The largest absolute Gasteiger partial charge is 0.496 e. The zero-order valence-electron chi connectivity index (χ0n) is 18.0. The van der Waals surface area contributed by atoms with Crippen molar-refractivity contribution >= 4 is 16.0 Å². The predicted octanol–water partition coefficient (Wildman–Crippen LogP) is 4.26. The number of esters is 1. The molecule has 0 unspecified atom stereocenters. The molecule has 2 aromatic rings. The number of hydrogen-bond acceptors (Lipinski definition) is 5. The van der Waals surface area contributed by atoms with Crippen LogP contribution in [0.3, 0.4) is 0 Å². The van der Waals surface area contributed by atoms with Crippen molar-refractivity contribution in [2.45, 2.75) is 51.5 Å². The van der Waals surface area contributed by atoms with Crippen LogP contribution in [-0.4, -0.2) is 28.6 Å². The quantitative estimate of drug-likeness (QED) is 0.678. The molecule has 0 aliphatic carbocycles. The summed E-state index contributed by atoms with van der Waals surface area (Å²) >= 11 is 0. The van der Waals surface area contributed by atoms with Crippen LogP contribution in [0.5, 0.6) is 5.75 Å². The van der Waals surface area contributed by atoms with Gasteiger partial charge in [-0.2, -0.15) is 0 Å². The van der Waals surface area contributed by atoms with Gasteiger partial charge in [0.2, 0.25) is 10.0 Å². The molecule has 29 heavy (non-hydrogen) atoms. The molecule has 0 aromatic heterocycles. The third-order valence-corrected chi connectivity index (χ3v) is 6.62. The van der Waals surface area contributed by atoms with Gasteiger partial charge in [-0.05, 0) is 73.2 Å². The van der Waals surface area contributed by atoms with Crippen LogP contribution in [0, 0.1) is 13.8 Å². The maximum Gasteiger partial charge on any atom is 0.337 e. The number of sulfonamides is 1. The van der Waals surface area contributed by atoms with Crippen molar-refractivity contribution in [3.63, 3.8) is 0 Å². The van der Waals surface area contributed by atoms with Crippen molar-refractivity contribution < 1.29 is 22.7 Å². The van der Waals surface area contributed by atoms with E-state index in [0.717, 1.165) is 22.4 Å². The Kier molecular flexibility index (Phi) is 7.08. The van der Waals surface area contributed by atoms with Crippen molar-refractivity contribution in [1.29, 1.82) is 0 Å². The fourth-order valence-electron chi connectivity index (χ4n) is 3.30. The van der Waals surface area contributed by atoms with Gasteiger partial charge in [0, 0.05) is 6.04 Å². The molecule has 2 rings (SSSR count). The zero-order chi connectivity index (χ0) is 21.9. The van der Waals surface area contributed by atoms with E-state index in [1.807, 2.05) is 19.1 Å². The van der Waals surface area contributed by atoms with E-state index in [1.54, 1.807) is 33.1 Å². The van der Waals surface area contributed by atoms with E-state index in [9.17, 15) is 13.2 Å². The number of carbonyl (C=O) groups excluding carboxylic acids is 1. The van der Waals surface area contributed by atoms with Crippen LogP contribution in [0.2, 0.25) is 0 Å². The van der Waals surface area contributed by atoms with Gasteiger partial charge in [-0.15, -0.1) is 0 Å². The van der Waals surface area contributed by atoms with Crippen molar-refractivity contribution in [3.05, 3.63) is 58.1 Å². The number of carbonyl (C=O) groups is 1.